The number of benzene rings is 2. The van der Waals surface area contributed by atoms with Gasteiger partial charge in [-0.1, -0.05) is 48.5 Å². The standard InChI is InChI=1S/C19H21N3O4/c1-13(26-17(23)11-12-21-19(20)25)18(24)22-16-10-6-5-9-15(16)14-7-3-2-4-8-14/h2-10,13H,11-12H2,1H3,(H,22,24)(H3,20,21,25)/t13-/m0/s1. The zero-order valence-corrected chi connectivity index (χ0v) is 14.4. The molecule has 2 rings (SSSR count). The smallest absolute Gasteiger partial charge is 0.312 e. The summed E-state index contributed by atoms with van der Waals surface area (Å²) in [7, 11) is 0. The Morgan fingerprint density at radius 3 is 2.38 bits per heavy atom. The van der Waals surface area contributed by atoms with Crippen LogP contribution in [-0.4, -0.2) is 30.6 Å². The van der Waals surface area contributed by atoms with Crippen LogP contribution in [0.25, 0.3) is 11.1 Å². The highest BCUT2D eigenvalue weighted by Gasteiger charge is 2.19. The molecule has 0 aliphatic rings. The minimum atomic E-state index is -0.972. The first-order valence-electron chi connectivity index (χ1n) is 8.15. The number of rotatable bonds is 7. The van der Waals surface area contributed by atoms with E-state index < -0.39 is 24.0 Å². The Morgan fingerprint density at radius 2 is 1.69 bits per heavy atom. The van der Waals surface area contributed by atoms with Crippen molar-refractivity contribution >= 4 is 23.6 Å². The van der Waals surface area contributed by atoms with Crippen LogP contribution in [0.4, 0.5) is 10.5 Å². The number of nitrogens with two attached hydrogens (primary N) is 1. The molecule has 2 aromatic rings. The summed E-state index contributed by atoms with van der Waals surface area (Å²) in [5, 5.41) is 5.06. The van der Waals surface area contributed by atoms with Gasteiger partial charge >= 0.3 is 12.0 Å². The minimum absolute atomic E-state index is 0.0549. The van der Waals surface area contributed by atoms with Crippen LogP contribution >= 0.6 is 0 Å². The molecule has 1 atom stereocenters. The molecule has 0 unspecified atom stereocenters. The summed E-state index contributed by atoms with van der Waals surface area (Å²) in [6.45, 7) is 1.54. The van der Waals surface area contributed by atoms with Crippen molar-refractivity contribution in [3.05, 3.63) is 54.6 Å². The zero-order valence-electron chi connectivity index (χ0n) is 14.4. The largest absolute Gasteiger partial charge is 0.452 e. The summed E-state index contributed by atoms with van der Waals surface area (Å²) in [6, 6.07) is 16.3. The number of carbonyl (C=O) groups excluding carboxylic acids is 3. The Bertz CT molecular complexity index is 777. The van der Waals surface area contributed by atoms with E-state index in [2.05, 4.69) is 10.6 Å². The Labute approximate surface area is 151 Å². The normalized spacial score (nSPS) is 11.3. The predicted octanol–water partition coefficient (Wildman–Crippen LogP) is 2.28. The lowest BCUT2D eigenvalue weighted by molar-refractivity contribution is -0.153. The molecule has 2 aromatic carbocycles. The molecule has 0 spiro atoms. The fraction of sp³-hybridized carbons (Fsp3) is 0.211. The molecule has 0 saturated carbocycles. The van der Waals surface area contributed by atoms with E-state index in [1.54, 1.807) is 6.07 Å². The van der Waals surface area contributed by atoms with E-state index in [-0.39, 0.29) is 13.0 Å². The van der Waals surface area contributed by atoms with E-state index in [1.165, 1.54) is 6.92 Å². The summed E-state index contributed by atoms with van der Waals surface area (Å²) in [5.41, 5.74) is 7.37. The fourth-order valence-corrected chi connectivity index (χ4v) is 2.29. The van der Waals surface area contributed by atoms with E-state index >= 15 is 0 Å². The number of amides is 3. The van der Waals surface area contributed by atoms with Gasteiger partial charge in [0, 0.05) is 17.8 Å². The SMILES string of the molecule is C[C@H](OC(=O)CCNC(N)=O)C(=O)Nc1ccccc1-c1ccccc1. The molecule has 0 fully saturated rings. The molecule has 26 heavy (non-hydrogen) atoms. The quantitative estimate of drug-likeness (QED) is 0.662. The predicted molar refractivity (Wildman–Crippen MR) is 98.3 cm³/mol. The van der Waals surface area contributed by atoms with Crippen LogP contribution in [0, 0.1) is 0 Å². The van der Waals surface area contributed by atoms with E-state index in [1.807, 2.05) is 48.5 Å². The number of hydrogen-bond donors (Lipinski definition) is 3. The maximum Gasteiger partial charge on any atom is 0.312 e. The molecular formula is C19H21N3O4. The van der Waals surface area contributed by atoms with Gasteiger partial charge in [0.2, 0.25) is 0 Å². The van der Waals surface area contributed by atoms with Gasteiger partial charge in [-0.15, -0.1) is 0 Å². The Balaban J connectivity index is 1.97. The van der Waals surface area contributed by atoms with Gasteiger partial charge in [-0.2, -0.15) is 0 Å². The van der Waals surface area contributed by atoms with Gasteiger partial charge in [-0.25, -0.2) is 4.79 Å². The highest BCUT2D eigenvalue weighted by atomic mass is 16.5. The van der Waals surface area contributed by atoms with Crippen molar-refractivity contribution in [2.45, 2.75) is 19.4 Å². The maximum absolute atomic E-state index is 12.3. The number of nitrogens with one attached hydrogen (secondary N) is 2. The summed E-state index contributed by atoms with van der Waals surface area (Å²) >= 11 is 0. The minimum Gasteiger partial charge on any atom is -0.452 e. The Kier molecular flexibility index (Phi) is 6.73. The Hall–Kier alpha value is -3.35. The fourth-order valence-electron chi connectivity index (χ4n) is 2.29. The van der Waals surface area contributed by atoms with Crippen molar-refractivity contribution in [2.75, 3.05) is 11.9 Å². The second-order valence-corrected chi connectivity index (χ2v) is 5.57. The van der Waals surface area contributed by atoms with Crippen LogP contribution < -0.4 is 16.4 Å². The molecule has 0 heterocycles. The average Bonchev–Trinajstić information content (AvgIpc) is 2.62. The molecule has 0 aromatic heterocycles. The van der Waals surface area contributed by atoms with Gasteiger partial charge in [0.15, 0.2) is 6.10 Å². The van der Waals surface area contributed by atoms with Crippen LogP contribution in [-0.2, 0) is 14.3 Å². The first kappa shape index (κ1) is 19.0. The lowest BCUT2D eigenvalue weighted by atomic mass is 10.0. The molecule has 0 radical (unpaired) electrons. The Morgan fingerprint density at radius 1 is 1.04 bits per heavy atom. The van der Waals surface area contributed by atoms with E-state index in [4.69, 9.17) is 10.5 Å². The second-order valence-electron chi connectivity index (χ2n) is 5.57. The molecule has 7 heteroatoms. The molecular weight excluding hydrogens is 334 g/mol. The van der Waals surface area contributed by atoms with Crippen LogP contribution in [0.5, 0.6) is 0 Å². The lowest BCUT2D eigenvalue weighted by Gasteiger charge is -2.16. The van der Waals surface area contributed by atoms with Crippen molar-refractivity contribution in [1.82, 2.24) is 5.32 Å². The van der Waals surface area contributed by atoms with E-state index in [0.717, 1.165) is 11.1 Å². The number of para-hydroxylation sites is 1. The maximum atomic E-state index is 12.3. The van der Waals surface area contributed by atoms with Gasteiger partial charge in [-0.05, 0) is 18.6 Å². The van der Waals surface area contributed by atoms with Crippen molar-refractivity contribution in [3.8, 4) is 11.1 Å². The van der Waals surface area contributed by atoms with Gasteiger partial charge < -0.3 is 21.1 Å². The number of anilines is 1. The third kappa shape index (κ3) is 5.62. The third-order valence-corrected chi connectivity index (χ3v) is 3.58. The number of primary amides is 1. The molecule has 0 aliphatic carbocycles. The second kappa shape index (κ2) is 9.22. The van der Waals surface area contributed by atoms with Crippen LogP contribution in [0.1, 0.15) is 13.3 Å². The summed E-state index contributed by atoms with van der Waals surface area (Å²) in [5.74, 6) is -1.04. The van der Waals surface area contributed by atoms with Crippen LogP contribution in [0.3, 0.4) is 0 Å². The summed E-state index contributed by atoms with van der Waals surface area (Å²) < 4.78 is 5.07. The first-order valence-corrected chi connectivity index (χ1v) is 8.15. The van der Waals surface area contributed by atoms with Gasteiger partial charge in [0.25, 0.3) is 5.91 Å². The molecule has 7 nitrogen and oxygen atoms in total. The molecule has 0 saturated heterocycles. The number of ether oxygens (including phenoxy) is 1. The summed E-state index contributed by atoms with van der Waals surface area (Å²) in [6.07, 6.45) is -1.04. The number of carbonyl (C=O) groups is 3. The molecule has 0 bridgehead atoms. The molecule has 3 amide bonds. The lowest BCUT2D eigenvalue weighted by Crippen LogP contribution is -2.33. The molecule has 4 N–H and O–H groups in total. The van der Waals surface area contributed by atoms with Crippen LogP contribution in [0.2, 0.25) is 0 Å². The van der Waals surface area contributed by atoms with Gasteiger partial charge in [0.1, 0.15) is 0 Å². The zero-order chi connectivity index (χ0) is 18.9. The number of urea groups is 1. The number of hydrogen-bond acceptors (Lipinski definition) is 4. The topological polar surface area (TPSA) is 111 Å². The highest BCUT2D eigenvalue weighted by molar-refractivity contribution is 5.98. The van der Waals surface area contributed by atoms with Gasteiger partial charge in [-0.3, -0.25) is 9.59 Å². The van der Waals surface area contributed by atoms with E-state index in [9.17, 15) is 14.4 Å². The van der Waals surface area contributed by atoms with Crippen molar-refractivity contribution in [2.24, 2.45) is 5.73 Å². The third-order valence-electron chi connectivity index (χ3n) is 3.58. The average molecular weight is 355 g/mol. The van der Waals surface area contributed by atoms with E-state index in [0.29, 0.717) is 5.69 Å². The number of esters is 1. The first-order chi connectivity index (χ1) is 12.5. The van der Waals surface area contributed by atoms with Crippen LogP contribution in [0.15, 0.2) is 54.6 Å². The van der Waals surface area contributed by atoms with Crippen molar-refractivity contribution in [3.63, 3.8) is 0 Å². The van der Waals surface area contributed by atoms with Gasteiger partial charge in [0.05, 0.1) is 6.42 Å². The summed E-state index contributed by atoms with van der Waals surface area (Å²) in [4.78, 5) is 34.6. The molecule has 0 aliphatic heterocycles. The highest BCUT2D eigenvalue weighted by Crippen LogP contribution is 2.27. The van der Waals surface area contributed by atoms with Crippen molar-refractivity contribution in [1.29, 1.82) is 0 Å². The molecule has 136 valence electrons. The monoisotopic (exact) mass is 355 g/mol. The van der Waals surface area contributed by atoms with Crippen molar-refractivity contribution < 1.29 is 19.1 Å².